The maximum Gasteiger partial charge on any atom is 0.256 e. The summed E-state index contributed by atoms with van der Waals surface area (Å²) >= 11 is 12.3. The summed E-state index contributed by atoms with van der Waals surface area (Å²) in [6.45, 7) is 1.72. The fraction of sp³-hybridized carbons (Fsp3) is 0.200. The summed E-state index contributed by atoms with van der Waals surface area (Å²) in [7, 11) is 0. The van der Waals surface area contributed by atoms with Crippen LogP contribution in [0.1, 0.15) is 18.4 Å². The van der Waals surface area contributed by atoms with Crippen LogP contribution < -0.4 is 5.01 Å². The van der Waals surface area contributed by atoms with Gasteiger partial charge in [0.1, 0.15) is 5.92 Å². The zero-order valence-corrected chi connectivity index (χ0v) is 15.8. The molecule has 3 rings (SSSR count). The first kappa shape index (κ1) is 18.9. The number of nitriles is 2. The zero-order valence-electron chi connectivity index (χ0n) is 14.3. The van der Waals surface area contributed by atoms with Crippen LogP contribution in [0.15, 0.2) is 53.6 Å². The van der Waals surface area contributed by atoms with Gasteiger partial charge >= 0.3 is 0 Å². The SMILES string of the molecule is CC1=NN(c2ccccc2)C(=O)[C@H]1[C@H](c1ccc(Cl)cc1Cl)C(C#N)C#N. The summed E-state index contributed by atoms with van der Waals surface area (Å²) in [4.78, 5) is 13.2. The van der Waals surface area contributed by atoms with Gasteiger partial charge in [-0.3, -0.25) is 4.79 Å². The van der Waals surface area contributed by atoms with E-state index in [9.17, 15) is 15.3 Å². The van der Waals surface area contributed by atoms with Crippen LogP contribution in [0.2, 0.25) is 10.0 Å². The molecule has 0 radical (unpaired) electrons. The third-order valence-corrected chi connectivity index (χ3v) is 5.06. The maximum absolute atomic E-state index is 13.2. The third kappa shape index (κ3) is 3.53. The molecule has 0 aliphatic carbocycles. The monoisotopic (exact) mass is 396 g/mol. The Bertz CT molecular complexity index is 977. The minimum absolute atomic E-state index is 0.301. The Morgan fingerprint density at radius 1 is 1.11 bits per heavy atom. The smallest absolute Gasteiger partial charge is 0.256 e. The predicted molar refractivity (Wildman–Crippen MR) is 104 cm³/mol. The van der Waals surface area contributed by atoms with Gasteiger partial charge in [-0.2, -0.15) is 15.6 Å². The lowest BCUT2D eigenvalue weighted by Gasteiger charge is -2.25. The van der Waals surface area contributed by atoms with E-state index in [2.05, 4.69) is 5.10 Å². The first-order valence-corrected chi connectivity index (χ1v) is 8.91. The number of para-hydroxylation sites is 1. The second-order valence-electron chi connectivity index (χ2n) is 6.13. The summed E-state index contributed by atoms with van der Waals surface area (Å²) in [5.41, 5.74) is 1.67. The second-order valence-corrected chi connectivity index (χ2v) is 6.98. The summed E-state index contributed by atoms with van der Waals surface area (Å²) in [5.74, 6) is -2.90. The van der Waals surface area contributed by atoms with Gasteiger partial charge in [0.2, 0.25) is 0 Å². The van der Waals surface area contributed by atoms with Crippen molar-refractivity contribution in [3.63, 3.8) is 0 Å². The number of rotatable bonds is 4. The molecule has 0 bridgehead atoms. The molecule has 0 aromatic heterocycles. The average Bonchev–Trinajstić information content (AvgIpc) is 2.95. The molecule has 2 aromatic rings. The summed E-state index contributed by atoms with van der Waals surface area (Å²) in [6.07, 6.45) is 0. The third-order valence-electron chi connectivity index (χ3n) is 4.50. The van der Waals surface area contributed by atoms with Crippen LogP contribution in [-0.2, 0) is 4.79 Å². The van der Waals surface area contributed by atoms with E-state index in [1.54, 1.807) is 31.2 Å². The molecule has 1 aliphatic heterocycles. The lowest BCUT2D eigenvalue weighted by Crippen LogP contribution is -2.34. The Morgan fingerprint density at radius 2 is 1.78 bits per heavy atom. The number of carbonyl (C=O) groups excluding carboxylic acids is 1. The maximum atomic E-state index is 13.2. The van der Waals surface area contributed by atoms with E-state index in [-0.39, 0.29) is 5.91 Å². The van der Waals surface area contributed by atoms with Crippen molar-refractivity contribution in [2.75, 3.05) is 5.01 Å². The molecular formula is C20H14Cl2N4O. The lowest BCUT2D eigenvalue weighted by atomic mass is 9.75. The van der Waals surface area contributed by atoms with Crippen LogP contribution in [0, 0.1) is 34.5 Å². The van der Waals surface area contributed by atoms with Crippen LogP contribution in [-0.4, -0.2) is 11.6 Å². The van der Waals surface area contributed by atoms with Crippen molar-refractivity contribution in [1.29, 1.82) is 10.5 Å². The number of halogens is 2. The normalized spacial score (nSPS) is 17.4. The van der Waals surface area contributed by atoms with E-state index in [4.69, 9.17) is 23.2 Å². The fourth-order valence-electron chi connectivity index (χ4n) is 3.26. The summed E-state index contributed by atoms with van der Waals surface area (Å²) in [5, 5.41) is 25.5. The number of benzene rings is 2. The largest absolute Gasteiger partial charge is 0.272 e. The Morgan fingerprint density at radius 3 is 2.37 bits per heavy atom. The molecule has 134 valence electrons. The zero-order chi connectivity index (χ0) is 19.6. The number of hydrazone groups is 1. The lowest BCUT2D eigenvalue weighted by molar-refractivity contribution is -0.120. The van der Waals surface area contributed by atoms with Crippen LogP contribution in [0.25, 0.3) is 0 Å². The Kier molecular flexibility index (Phi) is 5.46. The molecule has 27 heavy (non-hydrogen) atoms. The van der Waals surface area contributed by atoms with Crippen molar-refractivity contribution in [2.24, 2.45) is 16.9 Å². The number of hydrogen-bond donors (Lipinski definition) is 0. The molecule has 0 spiro atoms. The molecule has 0 saturated carbocycles. The molecule has 7 heteroatoms. The van der Waals surface area contributed by atoms with Crippen molar-refractivity contribution in [3.05, 3.63) is 64.1 Å². The van der Waals surface area contributed by atoms with Crippen LogP contribution in [0.3, 0.4) is 0 Å². The highest BCUT2D eigenvalue weighted by atomic mass is 35.5. The number of anilines is 1. The minimum atomic E-state index is -1.07. The van der Waals surface area contributed by atoms with E-state index in [0.717, 1.165) is 0 Å². The minimum Gasteiger partial charge on any atom is -0.272 e. The molecule has 1 aliphatic rings. The molecule has 1 amide bonds. The van der Waals surface area contributed by atoms with E-state index < -0.39 is 17.8 Å². The predicted octanol–water partition coefficient (Wildman–Crippen LogP) is 4.78. The van der Waals surface area contributed by atoms with Gasteiger partial charge in [-0.1, -0.05) is 47.5 Å². The van der Waals surface area contributed by atoms with Gasteiger partial charge in [0, 0.05) is 21.7 Å². The van der Waals surface area contributed by atoms with Crippen molar-refractivity contribution in [3.8, 4) is 12.1 Å². The Labute approximate surface area is 167 Å². The molecule has 2 atom stereocenters. The topological polar surface area (TPSA) is 80.2 Å². The number of amides is 1. The standard InChI is InChI=1S/C20H14Cl2N4O/c1-12-18(20(27)26(25-12)15-5-3-2-4-6-15)19(13(10-23)11-24)16-8-7-14(21)9-17(16)22/h2-9,13,18-19H,1H3/t18-,19+/m1/s1. The van der Waals surface area contributed by atoms with E-state index in [1.165, 1.54) is 11.1 Å². The molecule has 0 unspecified atom stereocenters. The van der Waals surface area contributed by atoms with Crippen LogP contribution >= 0.6 is 23.2 Å². The quantitative estimate of drug-likeness (QED) is 0.745. The van der Waals surface area contributed by atoms with E-state index >= 15 is 0 Å². The molecule has 0 fully saturated rings. The van der Waals surface area contributed by atoms with Crippen molar-refractivity contribution in [2.45, 2.75) is 12.8 Å². The number of nitrogens with zero attached hydrogens (tertiary/aromatic N) is 4. The van der Waals surface area contributed by atoms with Gasteiger partial charge in [0.15, 0.2) is 0 Å². The first-order chi connectivity index (χ1) is 13.0. The Hall–Kier alpha value is -2.86. The van der Waals surface area contributed by atoms with Crippen LogP contribution in [0.5, 0.6) is 0 Å². The second kappa shape index (κ2) is 7.80. The van der Waals surface area contributed by atoms with Gasteiger partial charge in [-0.15, -0.1) is 0 Å². The van der Waals surface area contributed by atoms with Crippen LogP contribution in [0.4, 0.5) is 5.69 Å². The molecular weight excluding hydrogens is 383 g/mol. The first-order valence-electron chi connectivity index (χ1n) is 8.16. The molecule has 0 saturated heterocycles. The van der Waals surface area contributed by atoms with Crippen molar-refractivity contribution in [1.82, 2.24) is 0 Å². The van der Waals surface area contributed by atoms with Crippen molar-refractivity contribution < 1.29 is 4.79 Å². The Balaban J connectivity index is 2.08. The van der Waals surface area contributed by atoms with Gasteiger partial charge in [-0.25, -0.2) is 5.01 Å². The van der Waals surface area contributed by atoms with Gasteiger partial charge in [0.25, 0.3) is 5.91 Å². The van der Waals surface area contributed by atoms with Gasteiger partial charge in [0.05, 0.1) is 23.7 Å². The highest BCUT2D eigenvalue weighted by Crippen LogP contribution is 2.41. The number of hydrogen-bond acceptors (Lipinski definition) is 4. The highest BCUT2D eigenvalue weighted by molar-refractivity contribution is 6.35. The van der Waals surface area contributed by atoms with E-state index in [1.807, 2.05) is 30.3 Å². The number of carbonyl (C=O) groups is 1. The van der Waals surface area contributed by atoms with Crippen molar-refractivity contribution >= 4 is 40.5 Å². The van der Waals surface area contributed by atoms with E-state index in [0.29, 0.717) is 27.0 Å². The molecule has 2 aromatic carbocycles. The molecule has 5 nitrogen and oxygen atoms in total. The molecule has 1 heterocycles. The van der Waals surface area contributed by atoms with Gasteiger partial charge in [-0.05, 0) is 36.8 Å². The highest BCUT2D eigenvalue weighted by Gasteiger charge is 2.44. The average molecular weight is 397 g/mol. The summed E-state index contributed by atoms with van der Waals surface area (Å²) in [6, 6.07) is 17.8. The summed E-state index contributed by atoms with van der Waals surface area (Å²) < 4.78 is 0. The van der Waals surface area contributed by atoms with Gasteiger partial charge < -0.3 is 0 Å². The fourth-order valence-corrected chi connectivity index (χ4v) is 3.79. The molecule has 0 N–H and O–H groups in total.